The molecule has 0 bridgehead atoms. The Bertz CT molecular complexity index is 596. The molecule has 0 aliphatic rings. The number of carbonyl (C=O) groups excluding carboxylic acids is 1. The van der Waals surface area contributed by atoms with Crippen LogP contribution in [0, 0.1) is 5.92 Å². The maximum absolute atomic E-state index is 12.2. The van der Waals surface area contributed by atoms with Gasteiger partial charge in [-0.05, 0) is 24.6 Å². The topological polar surface area (TPSA) is 83.8 Å². The van der Waals surface area contributed by atoms with Gasteiger partial charge in [-0.25, -0.2) is 0 Å². The number of benzene rings is 1. The van der Waals surface area contributed by atoms with Crippen molar-refractivity contribution in [3.63, 3.8) is 0 Å². The molecule has 1 aromatic carbocycles. The van der Waals surface area contributed by atoms with Crippen LogP contribution in [0.1, 0.15) is 17.3 Å². The lowest BCUT2D eigenvalue weighted by atomic mass is 10.1. The van der Waals surface area contributed by atoms with Gasteiger partial charge in [0, 0.05) is 17.1 Å². The smallest absolute Gasteiger partial charge is 0.255 e. The van der Waals surface area contributed by atoms with Gasteiger partial charge in [-0.3, -0.25) is 9.89 Å². The summed E-state index contributed by atoms with van der Waals surface area (Å²) in [5, 5.41) is 10.2. The third-order valence-electron chi connectivity index (χ3n) is 3.01. The van der Waals surface area contributed by atoms with Crippen LogP contribution in [-0.2, 0) is 0 Å². The Morgan fingerprint density at radius 1 is 1.55 bits per heavy atom. The Hall–Kier alpha value is -1.85. The van der Waals surface area contributed by atoms with E-state index in [2.05, 4.69) is 15.5 Å². The van der Waals surface area contributed by atoms with Crippen molar-refractivity contribution in [2.45, 2.75) is 6.92 Å². The number of amides is 1. The Kier molecular flexibility index (Phi) is 4.76. The van der Waals surface area contributed by atoms with Crippen molar-refractivity contribution in [3.8, 4) is 11.3 Å². The molecule has 0 saturated carbocycles. The van der Waals surface area contributed by atoms with E-state index in [1.807, 2.05) is 19.1 Å². The van der Waals surface area contributed by atoms with E-state index in [-0.39, 0.29) is 11.8 Å². The number of aromatic amines is 1. The third-order valence-corrected chi connectivity index (χ3v) is 3.25. The largest absolute Gasteiger partial charge is 0.352 e. The molecule has 4 N–H and O–H groups in total. The van der Waals surface area contributed by atoms with Gasteiger partial charge >= 0.3 is 0 Å². The normalized spacial score (nSPS) is 12.2. The minimum Gasteiger partial charge on any atom is -0.352 e. The summed E-state index contributed by atoms with van der Waals surface area (Å²) in [4.78, 5) is 12.2. The number of rotatable bonds is 5. The molecule has 0 radical (unpaired) electrons. The van der Waals surface area contributed by atoms with Crippen LogP contribution >= 0.6 is 11.6 Å². The second-order valence-corrected chi connectivity index (χ2v) is 5.16. The van der Waals surface area contributed by atoms with Crippen LogP contribution in [0.25, 0.3) is 11.3 Å². The highest BCUT2D eigenvalue weighted by Crippen LogP contribution is 2.23. The van der Waals surface area contributed by atoms with Crippen molar-refractivity contribution in [2.24, 2.45) is 11.7 Å². The first kappa shape index (κ1) is 14.6. The SMILES string of the molecule is CC(CN)CNC(=O)c1cn[nH]c1-c1cccc(Cl)c1. The molecular formula is C14H17ClN4O. The van der Waals surface area contributed by atoms with Gasteiger partial charge in [0.1, 0.15) is 0 Å². The van der Waals surface area contributed by atoms with E-state index in [0.29, 0.717) is 29.4 Å². The van der Waals surface area contributed by atoms with Crippen LogP contribution in [0.15, 0.2) is 30.5 Å². The summed E-state index contributed by atoms with van der Waals surface area (Å²) in [5.41, 5.74) is 7.51. The molecule has 1 amide bonds. The molecule has 2 aromatic rings. The van der Waals surface area contributed by atoms with E-state index in [9.17, 15) is 4.79 Å². The van der Waals surface area contributed by atoms with Crippen molar-refractivity contribution in [2.75, 3.05) is 13.1 Å². The van der Waals surface area contributed by atoms with Crippen molar-refractivity contribution in [1.29, 1.82) is 0 Å². The van der Waals surface area contributed by atoms with Crippen molar-refractivity contribution >= 4 is 17.5 Å². The zero-order valence-electron chi connectivity index (χ0n) is 11.2. The van der Waals surface area contributed by atoms with E-state index in [1.54, 1.807) is 12.1 Å². The van der Waals surface area contributed by atoms with Crippen LogP contribution in [0.4, 0.5) is 0 Å². The number of hydrogen-bond donors (Lipinski definition) is 3. The van der Waals surface area contributed by atoms with Gasteiger partial charge in [-0.2, -0.15) is 5.10 Å². The number of H-pyrrole nitrogens is 1. The van der Waals surface area contributed by atoms with Crippen LogP contribution in [-0.4, -0.2) is 29.2 Å². The lowest BCUT2D eigenvalue weighted by Crippen LogP contribution is -2.31. The second-order valence-electron chi connectivity index (χ2n) is 4.72. The zero-order valence-corrected chi connectivity index (χ0v) is 11.9. The predicted octanol–water partition coefficient (Wildman–Crippen LogP) is 2.05. The van der Waals surface area contributed by atoms with Crippen molar-refractivity contribution in [1.82, 2.24) is 15.5 Å². The molecule has 0 aliphatic heterocycles. The minimum atomic E-state index is -0.172. The summed E-state index contributed by atoms with van der Waals surface area (Å²) in [6.45, 7) is 3.05. The van der Waals surface area contributed by atoms with Crippen LogP contribution in [0.2, 0.25) is 5.02 Å². The summed E-state index contributed by atoms with van der Waals surface area (Å²) in [6, 6.07) is 7.27. The molecule has 0 spiro atoms. The Balaban J connectivity index is 2.18. The fraction of sp³-hybridized carbons (Fsp3) is 0.286. The highest BCUT2D eigenvalue weighted by Gasteiger charge is 2.15. The summed E-state index contributed by atoms with van der Waals surface area (Å²) in [5.74, 6) is 0.0643. The standard InChI is InChI=1S/C14H17ClN4O/c1-9(6-16)7-17-14(20)12-8-18-19-13(12)10-3-2-4-11(15)5-10/h2-5,8-9H,6-7,16H2,1H3,(H,17,20)(H,18,19). The van der Waals surface area contributed by atoms with Gasteiger partial charge in [0.2, 0.25) is 0 Å². The van der Waals surface area contributed by atoms with E-state index >= 15 is 0 Å². The summed E-state index contributed by atoms with van der Waals surface area (Å²) < 4.78 is 0. The van der Waals surface area contributed by atoms with Crippen LogP contribution in [0.3, 0.4) is 0 Å². The molecule has 6 heteroatoms. The molecule has 20 heavy (non-hydrogen) atoms. The first-order chi connectivity index (χ1) is 9.61. The van der Waals surface area contributed by atoms with Crippen molar-refractivity contribution in [3.05, 3.63) is 41.0 Å². The molecule has 0 saturated heterocycles. The predicted molar refractivity (Wildman–Crippen MR) is 79.6 cm³/mol. The van der Waals surface area contributed by atoms with Gasteiger partial charge in [0.15, 0.2) is 0 Å². The minimum absolute atomic E-state index is 0.172. The number of carbonyl (C=O) groups is 1. The molecule has 106 valence electrons. The molecule has 1 atom stereocenters. The molecule has 5 nitrogen and oxygen atoms in total. The van der Waals surface area contributed by atoms with Gasteiger partial charge in [0.05, 0.1) is 17.5 Å². The number of aromatic nitrogens is 2. The Morgan fingerprint density at radius 2 is 2.35 bits per heavy atom. The fourth-order valence-corrected chi connectivity index (χ4v) is 1.96. The summed E-state index contributed by atoms with van der Waals surface area (Å²) >= 11 is 5.97. The molecule has 1 unspecified atom stereocenters. The fourth-order valence-electron chi connectivity index (χ4n) is 1.77. The van der Waals surface area contributed by atoms with E-state index < -0.39 is 0 Å². The van der Waals surface area contributed by atoms with Gasteiger partial charge in [0.25, 0.3) is 5.91 Å². The zero-order chi connectivity index (χ0) is 14.5. The lowest BCUT2D eigenvalue weighted by Gasteiger charge is -2.10. The number of hydrogen-bond acceptors (Lipinski definition) is 3. The number of halogens is 1. The molecular weight excluding hydrogens is 276 g/mol. The average molecular weight is 293 g/mol. The van der Waals surface area contributed by atoms with Gasteiger partial charge in [-0.15, -0.1) is 0 Å². The van der Waals surface area contributed by atoms with Gasteiger partial charge in [-0.1, -0.05) is 30.7 Å². The first-order valence-electron chi connectivity index (χ1n) is 6.39. The Morgan fingerprint density at radius 3 is 3.05 bits per heavy atom. The highest BCUT2D eigenvalue weighted by molar-refractivity contribution is 6.30. The third kappa shape index (κ3) is 3.37. The molecule has 1 heterocycles. The maximum atomic E-state index is 12.2. The van der Waals surface area contributed by atoms with E-state index in [4.69, 9.17) is 17.3 Å². The van der Waals surface area contributed by atoms with Crippen LogP contribution < -0.4 is 11.1 Å². The molecule has 2 rings (SSSR count). The second kappa shape index (κ2) is 6.54. The molecule has 0 fully saturated rings. The highest BCUT2D eigenvalue weighted by atomic mass is 35.5. The maximum Gasteiger partial charge on any atom is 0.255 e. The van der Waals surface area contributed by atoms with Crippen LogP contribution in [0.5, 0.6) is 0 Å². The average Bonchev–Trinajstić information content (AvgIpc) is 2.93. The Labute approximate surface area is 122 Å². The molecule has 0 aliphatic carbocycles. The van der Waals surface area contributed by atoms with Gasteiger partial charge < -0.3 is 11.1 Å². The summed E-state index contributed by atoms with van der Waals surface area (Å²) in [7, 11) is 0. The first-order valence-corrected chi connectivity index (χ1v) is 6.77. The summed E-state index contributed by atoms with van der Waals surface area (Å²) in [6.07, 6.45) is 1.51. The quantitative estimate of drug-likeness (QED) is 0.788. The monoisotopic (exact) mass is 292 g/mol. The molecule has 1 aromatic heterocycles. The van der Waals surface area contributed by atoms with E-state index in [0.717, 1.165) is 5.56 Å². The number of nitrogens with zero attached hydrogens (tertiary/aromatic N) is 1. The number of nitrogens with one attached hydrogen (secondary N) is 2. The number of nitrogens with two attached hydrogens (primary N) is 1. The van der Waals surface area contributed by atoms with E-state index in [1.165, 1.54) is 6.20 Å². The van der Waals surface area contributed by atoms with Crippen molar-refractivity contribution < 1.29 is 4.79 Å². The lowest BCUT2D eigenvalue weighted by molar-refractivity contribution is 0.0949.